The van der Waals surface area contributed by atoms with Gasteiger partial charge in [0, 0.05) is 0 Å². The van der Waals surface area contributed by atoms with Crippen molar-refractivity contribution in [2.75, 3.05) is 13.2 Å². The molecule has 0 radical (unpaired) electrons. The van der Waals surface area contributed by atoms with Gasteiger partial charge in [0.1, 0.15) is 12.2 Å². The Hall–Kier alpha value is 0.0969. The summed E-state index contributed by atoms with van der Waals surface area (Å²) in [5.41, 5.74) is 0. The van der Waals surface area contributed by atoms with Crippen LogP contribution in [0.15, 0.2) is 0 Å². The molecule has 0 aromatic carbocycles. The highest BCUT2D eigenvalue weighted by atomic mass is 28.4. The minimum Gasteiger partial charge on any atom is -0.414 e. The largest absolute Gasteiger partial charge is 0.414 e. The molecule has 0 aromatic heterocycles. The van der Waals surface area contributed by atoms with Crippen LogP contribution in [0.25, 0.3) is 0 Å². The maximum atomic E-state index is 9.59. The number of epoxide rings is 1. The summed E-state index contributed by atoms with van der Waals surface area (Å²) in [7, 11) is -1.70. The molecular weight excluding hydrogens is 196 g/mol. The van der Waals surface area contributed by atoms with Crippen molar-refractivity contribution in [3.05, 3.63) is 0 Å². The van der Waals surface area contributed by atoms with Crippen LogP contribution in [-0.4, -0.2) is 38.8 Å². The Morgan fingerprint density at radius 3 is 2.36 bits per heavy atom. The first-order valence-corrected chi connectivity index (χ1v) is 8.08. The molecule has 0 amide bonds. The average molecular weight is 218 g/mol. The van der Waals surface area contributed by atoms with Gasteiger partial charge in [-0.2, -0.15) is 0 Å². The molecule has 2 atom stereocenters. The van der Waals surface area contributed by atoms with Gasteiger partial charge in [-0.3, -0.25) is 0 Å². The van der Waals surface area contributed by atoms with Crippen LogP contribution in [-0.2, 0) is 9.16 Å². The van der Waals surface area contributed by atoms with Gasteiger partial charge in [0.05, 0.1) is 13.2 Å². The van der Waals surface area contributed by atoms with Crippen molar-refractivity contribution in [1.82, 2.24) is 0 Å². The van der Waals surface area contributed by atoms with E-state index in [0.29, 0.717) is 13.2 Å². The van der Waals surface area contributed by atoms with Gasteiger partial charge in [-0.1, -0.05) is 20.8 Å². The summed E-state index contributed by atoms with van der Waals surface area (Å²) in [5, 5.41) is 9.80. The summed E-state index contributed by atoms with van der Waals surface area (Å²) in [6.45, 7) is 12.1. The molecule has 14 heavy (non-hydrogen) atoms. The molecule has 0 unspecified atom stereocenters. The first kappa shape index (κ1) is 12.2. The standard InChI is InChI=1S/C10H22O3Si/c1-10(2,3)14(4,5)13-6-8(11)9-7-12-9/h8-9,11H,6-7H2,1-5H3/t8-,9+/m0/s1. The Bertz CT molecular complexity index is 194. The molecule has 0 bridgehead atoms. The molecule has 1 heterocycles. The Balaban J connectivity index is 2.35. The zero-order valence-electron chi connectivity index (χ0n) is 9.83. The van der Waals surface area contributed by atoms with E-state index in [2.05, 4.69) is 33.9 Å². The third-order valence-corrected chi connectivity index (χ3v) is 7.71. The molecule has 1 N–H and O–H groups in total. The molecule has 0 spiro atoms. The van der Waals surface area contributed by atoms with E-state index in [1.807, 2.05) is 0 Å². The van der Waals surface area contributed by atoms with Crippen molar-refractivity contribution in [1.29, 1.82) is 0 Å². The number of hydrogen-bond donors (Lipinski definition) is 1. The van der Waals surface area contributed by atoms with Gasteiger partial charge in [0.25, 0.3) is 0 Å². The van der Waals surface area contributed by atoms with Gasteiger partial charge >= 0.3 is 0 Å². The molecule has 0 aromatic rings. The van der Waals surface area contributed by atoms with Crippen LogP contribution in [0.1, 0.15) is 20.8 Å². The van der Waals surface area contributed by atoms with Crippen LogP contribution in [0.2, 0.25) is 18.1 Å². The number of aliphatic hydroxyl groups is 1. The van der Waals surface area contributed by atoms with Crippen LogP contribution in [0.3, 0.4) is 0 Å². The number of ether oxygens (including phenoxy) is 1. The van der Waals surface area contributed by atoms with Gasteiger partial charge in [0.15, 0.2) is 8.32 Å². The highest BCUT2D eigenvalue weighted by molar-refractivity contribution is 6.74. The second kappa shape index (κ2) is 3.93. The summed E-state index contributed by atoms with van der Waals surface area (Å²) >= 11 is 0. The molecule has 1 saturated heterocycles. The fourth-order valence-electron chi connectivity index (χ4n) is 0.895. The zero-order chi connectivity index (χ0) is 11.0. The van der Waals surface area contributed by atoms with Gasteiger partial charge in [-0.05, 0) is 18.1 Å². The third-order valence-electron chi connectivity index (χ3n) is 3.21. The molecule has 3 nitrogen and oxygen atoms in total. The van der Waals surface area contributed by atoms with Crippen LogP contribution >= 0.6 is 0 Å². The zero-order valence-corrected chi connectivity index (χ0v) is 10.8. The van der Waals surface area contributed by atoms with Gasteiger partial charge in [-0.15, -0.1) is 0 Å². The number of rotatable bonds is 4. The van der Waals surface area contributed by atoms with Gasteiger partial charge in [-0.25, -0.2) is 0 Å². The van der Waals surface area contributed by atoms with Gasteiger partial charge < -0.3 is 14.3 Å². The number of hydrogen-bond acceptors (Lipinski definition) is 3. The molecule has 1 aliphatic rings. The average Bonchev–Trinajstić information content (AvgIpc) is 2.80. The quantitative estimate of drug-likeness (QED) is 0.577. The molecule has 84 valence electrons. The first-order valence-electron chi connectivity index (χ1n) is 5.18. The van der Waals surface area contributed by atoms with Crippen molar-refractivity contribution in [3.63, 3.8) is 0 Å². The monoisotopic (exact) mass is 218 g/mol. The molecule has 1 fully saturated rings. The number of aliphatic hydroxyl groups excluding tert-OH is 1. The van der Waals surface area contributed by atoms with E-state index >= 15 is 0 Å². The first-order chi connectivity index (χ1) is 6.24. The normalized spacial score (nSPS) is 24.9. The highest BCUT2D eigenvalue weighted by Gasteiger charge is 2.39. The topological polar surface area (TPSA) is 42.0 Å². The fraction of sp³-hybridized carbons (Fsp3) is 1.00. The molecule has 0 aliphatic carbocycles. The van der Waals surface area contributed by atoms with Crippen LogP contribution < -0.4 is 0 Å². The smallest absolute Gasteiger partial charge is 0.192 e. The Morgan fingerprint density at radius 2 is 2.00 bits per heavy atom. The van der Waals surface area contributed by atoms with E-state index in [0.717, 1.165) is 0 Å². The van der Waals surface area contributed by atoms with Crippen molar-refractivity contribution in [2.24, 2.45) is 0 Å². The molecule has 4 heteroatoms. The predicted octanol–water partition coefficient (Wildman–Crippen LogP) is 1.77. The van der Waals surface area contributed by atoms with Crippen LogP contribution in [0.4, 0.5) is 0 Å². The summed E-state index contributed by atoms with van der Waals surface area (Å²) in [6.07, 6.45) is -0.413. The second-order valence-corrected chi connectivity index (χ2v) is 10.3. The minimum atomic E-state index is -1.70. The van der Waals surface area contributed by atoms with Crippen LogP contribution in [0, 0.1) is 0 Å². The van der Waals surface area contributed by atoms with Crippen molar-refractivity contribution in [3.8, 4) is 0 Å². The van der Waals surface area contributed by atoms with E-state index in [9.17, 15) is 5.11 Å². The summed E-state index contributed by atoms with van der Waals surface area (Å²) in [4.78, 5) is 0. The van der Waals surface area contributed by atoms with Crippen molar-refractivity contribution < 1.29 is 14.3 Å². The van der Waals surface area contributed by atoms with E-state index in [1.165, 1.54) is 0 Å². The minimum absolute atomic E-state index is 0.0276. The molecule has 0 saturated carbocycles. The van der Waals surface area contributed by atoms with E-state index in [1.54, 1.807) is 0 Å². The highest BCUT2D eigenvalue weighted by Crippen LogP contribution is 2.36. The van der Waals surface area contributed by atoms with E-state index in [4.69, 9.17) is 9.16 Å². The van der Waals surface area contributed by atoms with Gasteiger partial charge in [0.2, 0.25) is 0 Å². The summed E-state index contributed by atoms with van der Waals surface area (Å²) in [5.74, 6) is 0. The van der Waals surface area contributed by atoms with Crippen LogP contribution in [0.5, 0.6) is 0 Å². The third kappa shape index (κ3) is 3.05. The lowest BCUT2D eigenvalue weighted by Crippen LogP contribution is -2.43. The summed E-state index contributed by atoms with van der Waals surface area (Å²) < 4.78 is 10.9. The fourth-order valence-corrected chi connectivity index (χ4v) is 1.92. The summed E-state index contributed by atoms with van der Waals surface area (Å²) in [6, 6.07) is 0. The SMILES string of the molecule is CC(C)(C)[Si](C)(C)OC[C@H](O)[C@H]1CO1. The predicted molar refractivity (Wildman–Crippen MR) is 58.9 cm³/mol. The Kier molecular flexibility index (Phi) is 3.41. The Morgan fingerprint density at radius 1 is 1.50 bits per heavy atom. The lowest BCUT2D eigenvalue weighted by Gasteiger charge is -2.36. The molecule has 1 aliphatic heterocycles. The van der Waals surface area contributed by atoms with E-state index in [-0.39, 0.29) is 11.1 Å². The molecular formula is C10H22O3Si. The lowest BCUT2D eigenvalue weighted by molar-refractivity contribution is 0.0749. The Labute approximate surface area is 87.5 Å². The van der Waals surface area contributed by atoms with Crippen molar-refractivity contribution >= 4 is 8.32 Å². The maximum absolute atomic E-state index is 9.59. The maximum Gasteiger partial charge on any atom is 0.192 e. The lowest BCUT2D eigenvalue weighted by atomic mass is 10.2. The second-order valence-electron chi connectivity index (χ2n) is 5.51. The van der Waals surface area contributed by atoms with E-state index < -0.39 is 14.4 Å². The molecule has 1 rings (SSSR count). The van der Waals surface area contributed by atoms with Crippen molar-refractivity contribution in [2.45, 2.75) is 51.1 Å².